The summed E-state index contributed by atoms with van der Waals surface area (Å²) in [5, 5.41) is 9.15. The summed E-state index contributed by atoms with van der Waals surface area (Å²) < 4.78 is 2.51. The molecule has 2 heterocycles. The number of thiophene rings is 1. The molecule has 228 valence electrons. The molecule has 0 N–H and O–H groups in total. The minimum absolute atomic E-state index is 0.296. The van der Waals surface area contributed by atoms with Crippen LogP contribution in [0.15, 0.2) is 103 Å². The molecule has 0 bridgehead atoms. The van der Waals surface area contributed by atoms with Crippen molar-refractivity contribution in [3.8, 4) is 5.69 Å². The van der Waals surface area contributed by atoms with Crippen LogP contribution in [0.1, 0.15) is 77.7 Å². The number of nitrogens with zero attached hydrogens (tertiary/aromatic N) is 1. The smallest absolute Gasteiger partial charge is 0.0622 e. The van der Waals surface area contributed by atoms with Gasteiger partial charge in [0.15, 0.2) is 0 Å². The molecule has 0 aliphatic rings. The van der Waals surface area contributed by atoms with Gasteiger partial charge >= 0.3 is 0 Å². The average molecular weight is 616 g/mol. The maximum Gasteiger partial charge on any atom is 0.0622 e. The van der Waals surface area contributed by atoms with Crippen molar-refractivity contribution in [2.75, 3.05) is 0 Å². The number of hydrogen-bond acceptors (Lipinski definition) is 1. The molecule has 7 rings (SSSR count). The van der Waals surface area contributed by atoms with Crippen molar-refractivity contribution in [2.45, 2.75) is 53.9 Å². The monoisotopic (exact) mass is 615 g/mol. The molecule has 46 heavy (non-hydrogen) atoms. The summed E-state index contributed by atoms with van der Waals surface area (Å²) in [4.78, 5) is 2.78. The van der Waals surface area contributed by atoms with E-state index in [2.05, 4.69) is 167 Å². The molecule has 0 fully saturated rings. The third kappa shape index (κ3) is 4.75. The van der Waals surface area contributed by atoms with Gasteiger partial charge in [0.1, 0.15) is 0 Å². The van der Waals surface area contributed by atoms with Gasteiger partial charge in [-0.2, -0.15) is 0 Å². The van der Waals surface area contributed by atoms with Crippen LogP contribution in [0.2, 0.25) is 0 Å². The quantitative estimate of drug-likeness (QED) is 0.157. The highest BCUT2D eigenvalue weighted by Crippen LogP contribution is 2.43. The molecule has 5 aromatic carbocycles. The van der Waals surface area contributed by atoms with Gasteiger partial charge in [0, 0.05) is 43.4 Å². The molecule has 0 spiro atoms. The fourth-order valence-electron chi connectivity index (χ4n) is 7.32. The predicted molar refractivity (Wildman–Crippen MR) is 206 cm³/mol. The predicted octanol–water partition coefficient (Wildman–Crippen LogP) is 13.4. The summed E-state index contributed by atoms with van der Waals surface area (Å²) in [5.74, 6) is 0.296. The van der Waals surface area contributed by atoms with Gasteiger partial charge in [-0.05, 0) is 95.9 Å². The van der Waals surface area contributed by atoms with E-state index in [0.29, 0.717) is 5.92 Å². The first-order valence-corrected chi connectivity index (χ1v) is 17.3. The Morgan fingerprint density at radius 2 is 1.26 bits per heavy atom. The molecule has 0 radical (unpaired) electrons. The molecule has 7 aromatic rings. The molecule has 0 saturated carbocycles. The summed E-state index contributed by atoms with van der Waals surface area (Å²) in [7, 11) is 0. The molecule has 0 aliphatic heterocycles. The zero-order valence-corrected chi connectivity index (χ0v) is 28.5. The minimum atomic E-state index is 0.296. The van der Waals surface area contributed by atoms with Gasteiger partial charge < -0.3 is 4.57 Å². The lowest BCUT2D eigenvalue weighted by molar-refractivity contribution is 0.939. The summed E-state index contributed by atoms with van der Waals surface area (Å²) in [6, 6.07) is 31.8. The molecule has 0 saturated heterocycles. The van der Waals surface area contributed by atoms with Crippen LogP contribution in [-0.2, 0) is 0 Å². The highest BCUT2D eigenvalue weighted by Gasteiger charge is 2.21. The Balaban J connectivity index is 1.47. The molecule has 1 unspecified atom stereocenters. The van der Waals surface area contributed by atoms with Gasteiger partial charge in [0.2, 0.25) is 0 Å². The SMILES string of the molecule is C/C=C\c1sc(C(C)c2ccc(-n3c(C)c(/C=C\CC)c4ccc5c6ccccc6c6ccccc6c5c43)cc2)c(/C=C\C)c1C. The number of aromatic nitrogens is 1. The van der Waals surface area contributed by atoms with Crippen molar-refractivity contribution >= 4 is 72.8 Å². The molecule has 2 heteroatoms. The Labute approximate surface area is 276 Å². The first-order chi connectivity index (χ1) is 22.5. The van der Waals surface area contributed by atoms with Gasteiger partial charge in [-0.3, -0.25) is 0 Å². The zero-order valence-electron chi connectivity index (χ0n) is 27.7. The lowest BCUT2D eigenvalue weighted by Gasteiger charge is -2.16. The Bertz CT molecular complexity index is 2300. The molecule has 1 nitrogen and oxygen atoms in total. The number of rotatable bonds is 7. The molecule has 1 atom stereocenters. The maximum absolute atomic E-state index is 2.51. The van der Waals surface area contributed by atoms with E-state index in [1.165, 1.54) is 86.6 Å². The maximum atomic E-state index is 2.51. The van der Waals surface area contributed by atoms with Crippen LogP contribution in [0.3, 0.4) is 0 Å². The highest BCUT2D eigenvalue weighted by atomic mass is 32.1. The fraction of sp³-hybridized carbons (Fsp3) is 0.182. The normalized spacial score (nSPS) is 13.2. The van der Waals surface area contributed by atoms with Crippen molar-refractivity contribution in [3.05, 3.63) is 141 Å². The number of benzene rings is 5. The van der Waals surface area contributed by atoms with Crippen LogP contribution in [0, 0.1) is 13.8 Å². The highest BCUT2D eigenvalue weighted by molar-refractivity contribution is 7.13. The Morgan fingerprint density at radius 1 is 0.674 bits per heavy atom. The molecule has 0 amide bonds. The second-order valence-corrected chi connectivity index (χ2v) is 13.4. The van der Waals surface area contributed by atoms with E-state index >= 15 is 0 Å². The molecular weight excluding hydrogens is 575 g/mol. The lowest BCUT2D eigenvalue weighted by Crippen LogP contribution is -2.00. The van der Waals surface area contributed by atoms with Crippen molar-refractivity contribution in [1.82, 2.24) is 4.57 Å². The summed E-state index contributed by atoms with van der Waals surface area (Å²) in [5.41, 5.74) is 9.12. The second kappa shape index (κ2) is 12.3. The lowest BCUT2D eigenvalue weighted by atomic mass is 9.92. The van der Waals surface area contributed by atoms with Gasteiger partial charge in [0.25, 0.3) is 0 Å². The Morgan fingerprint density at radius 3 is 1.89 bits per heavy atom. The van der Waals surface area contributed by atoms with Crippen LogP contribution >= 0.6 is 11.3 Å². The van der Waals surface area contributed by atoms with Crippen LogP contribution in [0.4, 0.5) is 0 Å². The fourth-order valence-corrected chi connectivity index (χ4v) is 8.66. The minimum Gasteiger partial charge on any atom is -0.313 e. The molecule has 0 aliphatic carbocycles. The molecular formula is C44H41NS. The van der Waals surface area contributed by atoms with E-state index in [0.717, 1.165) is 6.42 Å². The Kier molecular flexibility index (Phi) is 8.01. The number of hydrogen-bond donors (Lipinski definition) is 0. The van der Waals surface area contributed by atoms with E-state index in [9.17, 15) is 0 Å². The number of allylic oxidation sites excluding steroid dienone is 3. The van der Waals surface area contributed by atoms with Gasteiger partial charge in [-0.15, -0.1) is 11.3 Å². The largest absolute Gasteiger partial charge is 0.313 e. The van der Waals surface area contributed by atoms with Crippen LogP contribution < -0.4 is 0 Å². The average Bonchev–Trinajstić information content (AvgIpc) is 3.55. The first-order valence-electron chi connectivity index (χ1n) is 16.5. The summed E-state index contributed by atoms with van der Waals surface area (Å²) in [6.07, 6.45) is 14.4. The topological polar surface area (TPSA) is 4.93 Å². The Hall–Kier alpha value is -4.66. The van der Waals surface area contributed by atoms with Crippen molar-refractivity contribution < 1.29 is 0 Å². The first kappa shape index (κ1) is 30.0. The summed E-state index contributed by atoms with van der Waals surface area (Å²) in [6.45, 7) is 13.3. The third-order valence-corrected chi connectivity index (χ3v) is 11.1. The third-order valence-electron chi connectivity index (χ3n) is 9.60. The summed E-state index contributed by atoms with van der Waals surface area (Å²) >= 11 is 1.92. The van der Waals surface area contributed by atoms with E-state index in [4.69, 9.17) is 0 Å². The van der Waals surface area contributed by atoms with Crippen molar-refractivity contribution in [3.63, 3.8) is 0 Å². The van der Waals surface area contributed by atoms with Crippen molar-refractivity contribution in [2.24, 2.45) is 0 Å². The van der Waals surface area contributed by atoms with E-state index < -0.39 is 0 Å². The van der Waals surface area contributed by atoms with Crippen LogP contribution in [0.5, 0.6) is 0 Å². The van der Waals surface area contributed by atoms with Crippen LogP contribution in [0.25, 0.3) is 67.1 Å². The van der Waals surface area contributed by atoms with E-state index in [1.54, 1.807) is 0 Å². The van der Waals surface area contributed by atoms with Crippen molar-refractivity contribution in [1.29, 1.82) is 0 Å². The standard InChI is InChI=1S/C44H41NS/c1-7-10-17-34-30(6)45(32-24-22-31(23-25-32)28(4)44-33(15-8-2)29(5)41(46-44)16-9-3)43-40(34)27-26-39-37-20-12-11-18-35(37)36-19-13-14-21-38(36)42(39)43/h8-28H,7H2,1-6H3/b15-8-,16-9-,17-10-. The van der Waals surface area contributed by atoms with Gasteiger partial charge in [-0.25, -0.2) is 0 Å². The molecule has 2 aromatic heterocycles. The van der Waals surface area contributed by atoms with E-state index in [-0.39, 0.29) is 0 Å². The second-order valence-electron chi connectivity index (χ2n) is 12.3. The zero-order chi connectivity index (χ0) is 31.9. The van der Waals surface area contributed by atoms with E-state index in [1.807, 2.05) is 11.3 Å². The number of fused-ring (bicyclic) bond motifs is 8. The van der Waals surface area contributed by atoms with Gasteiger partial charge in [-0.1, -0.05) is 117 Å². The van der Waals surface area contributed by atoms with Gasteiger partial charge in [0.05, 0.1) is 5.52 Å². The van der Waals surface area contributed by atoms with Crippen LogP contribution in [-0.4, -0.2) is 4.57 Å².